The van der Waals surface area contributed by atoms with Gasteiger partial charge in [-0.15, -0.1) is 0 Å². The van der Waals surface area contributed by atoms with Gasteiger partial charge in [0.05, 0.1) is 29.6 Å². The Morgan fingerprint density at radius 3 is 2.88 bits per heavy atom. The number of H-pyrrole nitrogens is 1. The molecule has 1 aromatic rings. The fraction of sp³-hybridized carbons (Fsp3) is 0.706. The van der Waals surface area contributed by atoms with Gasteiger partial charge in [-0.3, -0.25) is 14.7 Å². The highest BCUT2D eigenvalue weighted by molar-refractivity contribution is 5.89. The van der Waals surface area contributed by atoms with Crippen LogP contribution in [0.25, 0.3) is 0 Å². The Labute approximate surface area is 141 Å². The van der Waals surface area contributed by atoms with Crippen LogP contribution in [0.4, 0.5) is 5.69 Å². The fourth-order valence-corrected chi connectivity index (χ4v) is 3.94. The first-order valence-electron chi connectivity index (χ1n) is 8.78. The van der Waals surface area contributed by atoms with E-state index in [0.29, 0.717) is 12.2 Å². The smallest absolute Gasteiger partial charge is 0.225 e. The lowest BCUT2D eigenvalue weighted by molar-refractivity contribution is -0.137. The second-order valence-electron chi connectivity index (χ2n) is 7.17. The van der Waals surface area contributed by atoms with Gasteiger partial charge in [0, 0.05) is 25.9 Å². The van der Waals surface area contributed by atoms with E-state index in [1.165, 1.54) is 6.92 Å². The van der Waals surface area contributed by atoms with Gasteiger partial charge in [-0.2, -0.15) is 5.10 Å². The normalized spacial score (nSPS) is 23.2. The van der Waals surface area contributed by atoms with Crippen molar-refractivity contribution >= 4 is 17.5 Å². The second-order valence-corrected chi connectivity index (χ2v) is 7.17. The monoisotopic (exact) mass is 334 g/mol. The molecule has 1 atom stereocenters. The van der Waals surface area contributed by atoms with Gasteiger partial charge in [-0.25, -0.2) is 0 Å². The molecule has 2 amide bonds. The number of aromatic amines is 1. The zero-order valence-corrected chi connectivity index (χ0v) is 14.2. The number of anilines is 1. The molecule has 1 aliphatic carbocycles. The Morgan fingerprint density at radius 1 is 1.42 bits per heavy atom. The van der Waals surface area contributed by atoms with Gasteiger partial charge in [0.2, 0.25) is 11.8 Å². The van der Waals surface area contributed by atoms with E-state index in [4.69, 9.17) is 0 Å². The van der Waals surface area contributed by atoms with Gasteiger partial charge in [0.15, 0.2) is 0 Å². The van der Waals surface area contributed by atoms with Crippen molar-refractivity contribution in [3.63, 3.8) is 0 Å². The van der Waals surface area contributed by atoms with E-state index in [2.05, 4.69) is 15.5 Å². The van der Waals surface area contributed by atoms with E-state index in [1.807, 2.05) is 4.90 Å². The van der Waals surface area contributed by atoms with Crippen LogP contribution in [0.3, 0.4) is 0 Å². The molecule has 0 bridgehead atoms. The van der Waals surface area contributed by atoms with Crippen molar-refractivity contribution in [3.8, 4) is 0 Å². The summed E-state index contributed by atoms with van der Waals surface area (Å²) in [6.07, 6.45) is 7.14. The minimum absolute atomic E-state index is 0.0321. The topological polar surface area (TPSA) is 98.3 Å². The van der Waals surface area contributed by atoms with Crippen molar-refractivity contribution in [2.24, 2.45) is 0 Å². The summed E-state index contributed by atoms with van der Waals surface area (Å²) in [5, 5.41) is 20.3. The predicted octanol–water partition coefficient (Wildman–Crippen LogP) is 1.77. The summed E-state index contributed by atoms with van der Waals surface area (Å²) in [5.74, 6) is 0.0276. The summed E-state index contributed by atoms with van der Waals surface area (Å²) >= 11 is 0. The first-order chi connectivity index (χ1) is 11.5. The van der Waals surface area contributed by atoms with Crippen molar-refractivity contribution in [1.82, 2.24) is 15.1 Å². The number of carbonyl (C=O) groups excluding carboxylic acids is 2. The zero-order chi connectivity index (χ0) is 17.2. The molecule has 1 aromatic heterocycles. The number of piperidine rings is 1. The van der Waals surface area contributed by atoms with Crippen LogP contribution in [0.1, 0.15) is 63.5 Å². The molecule has 0 spiro atoms. The number of hydrogen-bond donors (Lipinski definition) is 3. The van der Waals surface area contributed by atoms with Gasteiger partial charge in [0.25, 0.3) is 0 Å². The second kappa shape index (κ2) is 6.93. The third-order valence-electron chi connectivity index (χ3n) is 5.18. The number of carbonyl (C=O) groups is 2. The molecule has 0 aromatic carbocycles. The lowest BCUT2D eigenvalue weighted by Gasteiger charge is -2.34. The molecular weight excluding hydrogens is 308 g/mol. The average Bonchev–Trinajstić information content (AvgIpc) is 3.16. The number of aromatic nitrogens is 2. The molecule has 1 aliphatic heterocycles. The zero-order valence-electron chi connectivity index (χ0n) is 14.2. The Bertz CT molecular complexity index is 607. The summed E-state index contributed by atoms with van der Waals surface area (Å²) in [4.78, 5) is 25.8. The summed E-state index contributed by atoms with van der Waals surface area (Å²) < 4.78 is 0. The molecule has 3 N–H and O–H groups in total. The minimum atomic E-state index is -0.806. The quantitative estimate of drug-likeness (QED) is 0.781. The molecule has 1 unspecified atom stereocenters. The first kappa shape index (κ1) is 17.0. The molecule has 7 nitrogen and oxygen atoms in total. The van der Waals surface area contributed by atoms with E-state index in [1.54, 1.807) is 6.20 Å². The average molecular weight is 334 g/mol. The van der Waals surface area contributed by atoms with Crippen LogP contribution in [0, 0.1) is 0 Å². The van der Waals surface area contributed by atoms with Crippen molar-refractivity contribution in [2.75, 3.05) is 18.4 Å². The van der Waals surface area contributed by atoms with Crippen LogP contribution in [-0.4, -0.2) is 50.7 Å². The van der Waals surface area contributed by atoms with Gasteiger partial charge in [-0.05, 0) is 25.7 Å². The van der Waals surface area contributed by atoms with Gasteiger partial charge < -0.3 is 15.3 Å². The number of likely N-dealkylation sites (tertiary alicyclic amines) is 1. The first-order valence-corrected chi connectivity index (χ1v) is 8.78. The summed E-state index contributed by atoms with van der Waals surface area (Å²) in [6, 6.07) is 0. The third kappa shape index (κ3) is 3.77. The highest BCUT2D eigenvalue weighted by atomic mass is 16.3. The molecule has 2 heterocycles. The molecule has 24 heavy (non-hydrogen) atoms. The summed E-state index contributed by atoms with van der Waals surface area (Å²) in [7, 11) is 0. The number of rotatable bonds is 4. The van der Waals surface area contributed by atoms with Crippen LogP contribution in [0.15, 0.2) is 6.20 Å². The van der Waals surface area contributed by atoms with E-state index < -0.39 is 5.60 Å². The van der Waals surface area contributed by atoms with Crippen molar-refractivity contribution in [3.05, 3.63) is 11.9 Å². The number of hydrogen-bond acceptors (Lipinski definition) is 4. The third-order valence-corrected chi connectivity index (χ3v) is 5.18. The van der Waals surface area contributed by atoms with Crippen molar-refractivity contribution in [2.45, 2.75) is 63.4 Å². The highest BCUT2D eigenvalue weighted by Gasteiger charge is 2.36. The number of aliphatic hydroxyl groups is 1. The van der Waals surface area contributed by atoms with E-state index in [0.717, 1.165) is 50.8 Å². The van der Waals surface area contributed by atoms with Crippen molar-refractivity contribution in [1.29, 1.82) is 0 Å². The van der Waals surface area contributed by atoms with Crippen LogP contribution in [0.2, 0.25) is 0 Å². The maximum absolute atomic E-state index is 12.6. The lowest BCUT2D eigenvalue weighted by Crippen LogP contribution is -2.43. The molecule has 2 fully saturated rings. The van der Waals surface area contributed by atoms with Gasteiger partial charge in [-0.1, -0.05) is 12.8 Å². The van der Waals surface area contributed by atoms with Crippen molar-refractivity contribution < 1.29 is 14.7 Å². The van der Waals surface area contributed by atoms with Crippen LogP contribution < -0.4 is 5.32 Å². The molecule has 132 valence electrons. The van der Waals surface area contributed by atoms with E-state index in [-0.39, 0.29) is 24.2 Å². The molecule has 7 heteroatoms. The SMILES string of the molecule is CC(=O)Nc1cn[nH]c1C1CCCN(C(=O)CC2(O)CCCC2)C1. The summed E-state index contributed by atoms with van der Waals surface area (Å²) in [6.45, 7) is 2.80. The maximum Gasteiger partial charge on any atom is 0.225 e. The van der Waals surface area contributed by atoms with Crippen LogP contribution in [0.5, 0.6) is 0 Å². The largest absolute Gasteiger partial charge is 0.389 e. The molecule has 2 aliphatic rings. The Kier molecular flexibility index (Phi) is 4.89. The summed E-state index contributed by atoms with van der Waals surface area (Å²) in [5.41, 5.74) is 0.762. The minimum Gasteiger partial charge on any atom is -0.389 e. The van der Waals surface area contributed by atoms with E-state index >= 15 is 0 Å². The Morgan fingerprint density at radius 2 is 2.17 bits per heavy atom. The van der Waals surface area contributed by atoms with E-state index in [9.17, 15) is 14.7 Å². The van der Waals surface area contributed by atoms with Crippen LogP contribution >= 0.6 is 0 Å². The van der Waals surface area contributed by atoms with Crippen LogP contribution in [-0.2, 0) is 9.59 Å². The lowest BCUT2D eigenvalue weighted by atomic mass is 9.92. The molecule has 0 radical (unpaired) electrons. The number of amides is 2. The predicted molar refractivity (Wildman–Crippen MR) is 89.5 cm³/mol. The molecule has 3 rings (SSSR count). The molecule has 1 saturated heterocycles. The maximum atomic E-state index is 12.6. The standard InChI is InChI=1S/C17H26N4O3/c1-12(22)19-14-10-18-20-16(14)13-5-4-8-21(11-13)15(23)9-17(24)6-2-3-7-17/h10,13,24H,2-9,11H2,1H3,(H,18,20)(H,19,22). The van der Waals surface area contributed by atoms with Gasteiger partial charge >= 0.3 is 0 Å². The Balaban J connectivity index is 1.65. The molecular formula is C17H26N4O3. The number of nitrogens with zero attached hydrogens (tertiary/aromatic N) is 2. The Hall–Kier alpha value is -1.89. The number of nitrogens with one attached hydrogen (secondary N) is 2. The highest BCUT2D eigenvalue weighted by Crippen LogP contribution is 2.35. The fourth-order valence-electron chi connectivity index (χ4n) is 3.94. The van der Waals surface area contributed by atoms with Gasteiger partial charge in [0.1, 0.15) is 0 Å². The molecule has 1 saturated carbocycles.